The van der Waals surface area contributed by atoms with Crippen LogP contribution in [-0.4, -0.2) is 36.8 Å². The molecule has 0 saturated carbocycles. The summed E-state index contributed by atoms with van der Waals surface area (Å²) in [5, 5.41) is 7.82. The minimum Gasteiger partial charge on any atom is -0.490 e. The van der Waals surface area contributed by atoms with Crippen LogP contribution in [0, 0.1) is 5.92 Å². The van der Waals surface area contributed by atoms with Crippen LogP contribution in [0.1, 0.15) is 30.4 Å². The molecule has 0 bridgehead atoms. The molecule has 2 aliphatic heterocycles. The number of amides is 1. The Labute approximate surface area is 218 Å². The number of hydrogen-bond acceptors (Lipinski definition) is 6. The minimum absolute atomic E-state index is 0.0738. The van der Waals surface area contributed by atoms with Crippen molar-refractivity contribution in [1.29, 1.82) is 0 Å². The second kappa shape index (κ2) is 10.7. The molecule has 35 heavy (non-hydrogen) atoms. The number of hydrogen-bond donors (Lipinski definition) is 1. The van der Waals surface area contributed by atoms with Gasteiger partial charge < -0.3 is 14.8 Å². The number of carbonyl (C=O) groups is 2. The van der Waals surface area contributed by atoms with Crippen molar-refractivity contribution in [3.63, 3.8) is 0 Å². The molecule has 182 valence electrons. The molecule has 5 rings (SSSR count). The fourth-order valence-electron chi connectivity index (χ4n) is 4.62. The van der Waals surface area contributed by atoms with E-state index in [9.17, 15) is 9.59 Å². The Morgan fingerprint density at radius 1 is 1.09 bits per heavy atom. The lowest BCUT2D eigenvalue weighted by atomic mass is 9.75. The lowest BCUT2D eigenvalue weighted by Gasteiger charge is -2.40. The number of thiophene rings is 1. The van der Waals surface area contributed by atoms with Crippen LogP contribution in [0.5, 0.6) is 5.75 Å². The van der Waals surface area contributed by atoms with Crippen molar-refractivity contribution in [2.24, 2.45) is 5.92 Å². The summed E-state index contributed by atoms with van der Waals surface area (Å²) >= 11 is 9.25. The summed E-state index contributed by atoms with van der Waals surface area (Å²) in [6.07, 6.45) is 1.98. The Hall–Kier alpha value is -2.32. The van der Waals surface area contributed by atoms with Crippen LogP contribution in [0.2, 0.25) is 5.02 Å². The zero-order valence-electron chi connectivity index (χ0n) is 19.1. The fourth-order valence-corrected chi connectivity index (χ4v) is 6.71. The number of rotatable bonds is 7. The Bertz CT molecular complexity index is 1180. The Kier molecular flexibility index (Phi) is 7.48. The number of piperidine rings is 1. The SMILES string of the molecule is O=C1CC(c2ccsc2)(c2cccc(OC3CCOCC3)c2)NC(=O)C1CSc1ccccc1Cl. The van der Waals surface area contributed by atoms with Crippen LogP contribution in [0.4, 0.5) is 0 Å². The third kappa shape index (κ3) is 5.28. The molecule has 2 aromatic carbocycles. The van der Waals surface area contributed by atoms with E-state index in [4.69, 9.17) is 21.1 Å². The quantitative estimate of drug-likeness (QED) is 0.315. The van der Waals surface area contributed by atoms with E-state index >= 15 is 0 Å². The minimum atomic E-state index is -0.922. The van der Waals surface area contributed by atoms with Gasteiger partial charge in [-0.3, -0.25) is 9.59 Å². The van der Waals surface area contributed by atoms with Gasteiger partial charge >= 0.3 is 0 Å². The van der Waals surface area contributed by atoms with Gasteiger partial charge in [-0.25, -0.2) is 0 Å². The van der Waals surface area contributed by atoms with Gasteiger partial charge in [0, 0.05) is 29.9 Å². The Morgan fingerprint density at radius 2 is 1.91 bits per heavy atom. The zero-order valence-corrected chi connectivity index (χ0v) is 21.5. The second-order valence-electron chi connectivity index (χ2n) is 8.80. The van der Waals surface area contributed by atoms with Crippen molar-refractivity contribution >= 4 is 46.4 Å². The largest absolute Gasteiger partial charge is 0.490 e. The molecule has 0 spiro atoms. The van der Waals surface area contributed by atoms with Crippen molar-refractivity contribution in [2.75, 3.05) is 19.0 Å². The first-order valence-corrected chi connectivity index (χ1v) is 14.0. The van der Waals surface area contributed by atoms with E-state index in [0.29, 0.717) is 24.0 Å². The van der Waals surface area contributed by atoms with Crippen molar-refractivity contribution in [1.82, 2.24) is 5.32 Å². The van der Waals surface area contributed by atoms with Gasteiger partial charge in [0.15, 0.2) is 0 Å². The molecule has 0 radical (unpaired) electrons. The highest BCUT2D eigenvalue weighted by molar-refractivity contribution is 7.99. The summed E-state index contributed by atoms with van der Waals surface area (Å²) in [6, 6.07) is 17.2. The van der Waals surface area contributed by atoms with Gasteiger partial charge in [0.25, 0.3) is 0 Å². The summed E-state index contributed by atoms with van der Waals surface area (Å²) in [6.45, 7) is 1.39. The number of nitrogens with one attached hydrogen (secondary N) is 1. The molecule has 1 N–H and O–H groups in total. The molecule has 5 nitrogen and oxygen atoms in total. The van der Waals surface area contributed by atoms with Gasteiger partial charge in [-0.1, -0.05) is 35.9 Å². The highest BCUT2D eigenvalue weighted by Crippen LogP contribution is 2.41. The van der Waals surface area contributed by atoms with Crippen molar-refractivity contribution in [2.45, 2.75) is 35.8 Å². The maximum atomic E-state index is 13.4. The fraction of sp³-hybridized carbons (Fsp3) is 0.333. The Morgan fingerprint density at radius 3 is 2.66 bits per heavy atom. The van der Waals surface area contributed by atoms with E-state index in [2.05, 4.69) is 5.32 Å². The number of carbonyl (C=O) groups excluding carboxylic acids is 2. The van der Waals surface area contributed by atoms with Gasteiger partial charge in [-0.15, -0.1) is 11.8 Å². The van der Waals surface area contributed by atoms with Crippen LogP contribution in [0.15, 0.2) is 70.3 Å². The lowest BCUT2D eigenvalue weighted by molar-refractivity contribution is -0.138. The average molecular weight is 528 g/mol. The molecule has 0 aliphatic carbocycles. The first kappa shape index (κ1) is 24.4. The maximum Gasteiger partial charge on any atom is 0.232 e. The van der Waals surface area contributed by atoms with E-state index in [1.54, 1.807) is 11.3 Å². The molecular formula is C27H26ClNO4S2. The van der Waals surface area contributed by atoms with E-state index in [-0.39, 0.29) is 24.2 Å². The summed E-state index contributed by atoms with van der Waals surface area (Å²) in [4.78, 5) is 27.7. The van der Waals surface area contributed by atoms with Crippen molar-refractivity contribution < 1.29 is 19.1 Å². The summed E-state index contributed by atoms with van der Waals surface area (Å²) in [7, 11) is 0. The predicted molar refractivity (Wildman–Crippen MR) is 139 cm³/mol. The summed E-state index contributed by atoms with van der Waals surface area (Å²) < 4.78 is 11.7. The smallest absolute Gasteiger partial charge is 0.232 e. The Balaban J connectivity index is 1.40. The molecule has 1 aromatic heterocycles. The first-order chi connectivity index (χ1) is 17.0. The van der Waals surface area contributed by atoms with Crippen LogP contribution in [0.25, 0.3) is 0 Å². The van der Waals surface area contributed by atoms with E-state index in [0.717, 1.165) is 34.6 Å². The molecular weight excluding hydrogens is 502 g/mol. The molecule has 3 aromatic rings. The summed E-state index contributed by atoms with van der Waals surface area (Å²) in [5.41, 5.74) is 0.832. The highest BCUT2D eigenvalue weighted by Gasteiger charge is 2.47. The number of halogens is 1. The summed E-state index contributed by atoms with van der Waals surface area (Å²) in [5.74, 6) is 0.0194. The topological polar surface area (TPSA) is 64.6 Å². The van der Waals surface area contributed by atoms with Gasteiger partial charge in [-0.2, -0.15) is 11.3 Å². The lowest BCUT2D eigenvalue weighted by Crippen LogP contribution is -2.57. The van der Waals surface area contributed by atoms with Gasteiger partial charge in [0.05, 0.1) is 23.8 Å². The van der Waals surface area contributed by atoms with E-state index in [1.165, 1.54) is 11.8 Å². The van der Waals surface area contributed by atoms with Gasteiger partial charge in [0.2, 0.25) is 5.91 Å². The number of Topliss-reactive ketones (excluding diaryl/α,β-unsaturated/α-hetero) is 1. The van der Waals surface area contributed by atoms with Gasteiger partial charge in [0.1, 0.15) is 23.6 Å². The van der Waals surface area contributed by atoms with Crippen molar-refractivity contribution in [3.05, 3.63) is 81.5 Å². The van der Waals surface area contributed by atoms with Crippen LogP contribution in [-0.2, 0) is 19.9 Å². The molecule has 2 aliphatic rings. The molecule has 3 heterocycles. The van der Waals surface area contributed by atoms with Crippen molar-refractivity contribution in [3.8, 4) is 5.75 Å². The number of ether oxygens (including phenoxy) is 2. The predicted octanol–water partition coefficient (Wildman–Crippen LogP) is 5.70. The molecule has 2 unspecified atom stereocenters. The molecule has 2 atom stereocenters. The second-order valence-corrected chi connectivity index (χ2v) is 11.1. The zero-order chi connectivity index (χ0) is 24.3. The number of thioether (sulfide) groups is 1. The van der Waals surface area contributed by atoms with Gasteiger partial charge in [-0.05, 0) is 52.2 Å². The number of benzene rings is 2. The maximum absolute atomic E-state index is 13.4. The third-order valence-corrected chi connectivity index (χ3v) is 8.83. The van der Waals surface area contributed by atoms with Crippen LogP contribution >= 0.6 is 34.7 Å². The van der Waals surface area contributed by atoms with E-state index < -0.39 is 11.5 Å². The molecule has 8 heteroatoms. The first-order valence-electron chi connectivity index (χ1n) is 11.6. The monoisotopic (exact) mass is 527 g/mol. The van der Waals surface area contributed by atoms with E-state index in [1.807, 2.05) is 65.4 Å². The van der Waals surface area contributed by atoms with Crippen LogP contribution in [0.3, 0.4) is 0 Å². The standard InChI is InChI=1S/C27H26ClNO4S2/c28-23-6-1-2-7-25(23)35-17-22-24(30)15-27(29-26(22)31,19-10-13-34-16-19)18-4-3-5-21(14-18)33-20-8-11-32-12-9-20/h1-7,10,13-14,16,20,22H,8-9,11-12,15,17H2,(H,29,31). The number of ketones is 1. The molecule has 1 amide bonds. The normalized spacial score (nSPS) is 23.2. The highest BCUT2D eigenvalue weighted by atomic mass is 35.5. The average Bonchev–Trinajstić information content (AvgIpc) is 3.41. The molecule has 2 fully saturated rings. The van der Waals surface area contributed by atoms with Crippen LogP contribution < -0.4 is 10.1 Å². The molecule has 2 saturated heterocycles. The third-order valence-electron chi connectivity index (χ3n) is 6.54.